The average Bonchev–Trinajstić information content (AvgIpc) is 2.51. The summed E-state index contributed by atoms with van der Waals surface area (Å²) in [6.07, 6.45) is 3.68. The van der Waals surface area contributed by atoms with E-state index in [1.165, 1.54) is 25.3 Å². The Morgan fingerprint density at radius 1 is 1.26 bits per heavy atom. The van der Waals surface area contributed by atoms with Gasteiger partial charge in [-0.25, -0.2) is 0 Å². The van der Waals surface area contributed by atoms with E-state index in [1.807, 2.05) is 0 Å². The van der Waals surface area contributed by atoms with Gasteiger partial charge in [-0.05, 0) is 35.9 Å². The fraction of sp³-hybridized carbons (Fsp3) is 0.312. The number of thioether (sulfide) groups is 1. The van der Waals surface area contributed by atoms with Crippen LogP contribution in [0.1, 0.15) is 12.0 Å². The van der Waals surface area contributed by atoms with E-state index in [0.717, 1.165) is 7.11 Å². The Morgan fingerprint density at radius 2 is 1.87 bits per heavy atom. The molecular weight excluding hydrogens is 329 g/mol. The number of esters is 1. The average molecular weight is 346 g/mol. The second-order valence-corrected chi connectivity index (χ2v) is 5.92. The molecule has 0 fully saturated rings. The van der Waals surface area contributed by atoms with Gasteiger partial charge in [-0.1, -0.05) is 30.4 Å². The molecule has 1 aromatic rings. The molecule has 0 aliphatic rings. The first kappa shape index (κ1) is 19.2. The highest BCUT2D eigenvalue weighted by Gasteiger charge is 2.47. The minimum absolute atomic E-state index is 0.212. The van der Waals surface area contributed by atoms with Crippen molar-refractivity contribution in [3.05, 3.63) is 48.6 Å². The molecule has 0 aliphatic carbocycles. The van der Waals surface area contributed by atoms with Crippen molar-refractivity contribution in [3.63, 3.8) is 0 Å². The van der Waals surface area contributed by atoms with Crippen LogP contribution in [0.2, 0.25) is 0 Å². The highest BCUT2D eigenvalue weighted by Crippen LogP contribution is 2.44. The fourth-order valence-electron chi connectivity index (χ4n) is 1.88. The number of ether oxygens (including phenoxy) is 2. The van der Waals surface area contributed by atoms with Crippen molar-refractivity contribution in [1.29, 1.82) is 0 Å². The predicted molar refractivity (Wildman–Crippen MR) is 85.2 cm³/mol. The summed E-state index contributed by atoms with van der Waals surface area (Å²) in [4.78, 5) is 12.0. The molecule has 23 heavy (non-hydrogen) atoms. The van der Waals surface area contributed by atoms with Gasteiger partial charge in [-0.3, -0.25) is 4.79 Å². The van der Waals surface area contributed by atoms with Gasteiger partial charge in [0.2, 0.25) is 0 Å². The normalized spacial score (nSPS) is 14.3. The maximum absolute atomic E-state index is 12.9. The van der Waals surface area contributed by atoms with Crippen molar-refractivity contribution in [2.45, 2.75) is 16.7 Å². The second-order valence-electron chi connectivity index (χ2n) is 4.53. The Balaban J connectivity index is 3.17. The smallest absolute Gasteiger partial charge is 0.443 e. The third kappa shape index (κ3) is 5.67. The molecule has 0 amide bonds. The van der Waals surface area contributed by atoms with Crippen molar-refractivity contribution in [2.75, 3.05) is 14.2 Å². The number of rotatable bonds is 7. The lowest BCUT2D eigenvalue weighted by Gasteiger charge is -2.26. The summed E-state index contributed by atoms with van der Waals surface area (Å²) in [7, 11) is 2.56. The number of carbonyl (C=O) groups is 1. The van der Waals surface area contributed by atoms with E-state index in [9.17, 15) is 18.0 Å². The highest BCUT2D eigenvalue weighted by atomic mass is 32.2. The van der Waals surface area contributed by atoms with Gasteiger partial charge in [0.1, 0.15) is 10.5 Å². The molecule has 0 bridgehead atoms. The van der Waals surface area contributed by atoms with E-state index in [-0.39, 0.29) is 6.42 Å². The number of methoxy groups -OCH3 is 2. The topological polar surface area (TPSA) is 35.5 Å². The van der Waals surface area contributed by atoms with Crippen LogP contribution in [0.3, 0.4) is 0 Å². The maximum Gasteiger partial charge on any atom is 0.443 e. The highest BCUT2D eigenvalue weighted by molar-refractivity contribution is 8.02. The zero-order valence-electron chi connectivity index (χ0n) is 12.7. The Labute approximate surface area is 137 Å². The van der Waals surface area contributed by atoms with E-state index < -0.39 is 28.0 Å². The molecule has 0 spiro atoms. The van der Waals surface area contributed by atoms with E-state index in [2.05, 4.69) is 11.3 Å². The number of hydrogen-bond acceptors (Lipinski definition) is 4. The molecular formula is C16H17F3O3S. The summed E-state index contributed by atoms with van der Waals surface area (Å²) in [6.45, 7) is 3.43. The van der Waals surface area contributed by atoms with Gasteiger partial charge in [0, 0.05) is 0 Å². The number of benzene rings is 1. The molecule has 0 aliphatic heterocycles. The standard InChI is InChI=1S/C16H17F3O3S/c1-4-10-15(14(20)22-3,23-16(17,18)19)11-9-12-5-7-13(21-2)8-6-12/h4-9,11H,1,10H2,2-3H3/b11-9+. The van der Waals surface area contributed by atoms with Gasteiger partial charge in [-0.2, -0.15) is 13.2 Å². The third-order valence-electron chi connectivity index (χ3n) is 2.94. The lowest BCUT2D eigenvalue weighted by Crippen LogP contribution is -2.36. The number of alkyl halides is 3. The first-order valence-electron chi connectivity index (χ1n) is 6.56. The van der Waals surface area contributed by atoms with Gasteiger partial charge in [0.25, 0.3) is 0 Å². The SMILES string of the molecule is C=CCC(/C=C/c1ccc(OC)cc1)(SC(F)(F)F)C(=O)OC. The zero-order chi connectivity index (χ0) is 17.5. The number of hydrogen-bond donors (Lipinski definition) is 0. The molecule has 126 valence electrons. The zero-order valence-corrected chi connectivity index (χ0v) is 13.5. The van der Waals surface area contributed by atoms with Crippen LogP contribution in [0, 0.1) is 0 Å². The first-order chi connectivity index (χ1) is 10.8. The lowest BCUT2D eigenvalue weighted by atomic mass is 10.0. The molecule has 0 radical (unpaired) electrons. The van der Waals surface area contributed by atoms with Crippen molar-refractivity contribution in [1.82, 2.24) is 0 Å². The van der Waals surface area contributed by atoms with Crippen molar-refractivity contribution >= 4 is 23.8 Å². The first-order valence-corrected chi connectivity index (χ1v) is 7.37. The van der Waals surface area contributed by atoms with E-state index in [1.54, 1.807) is 24.3 Å². The Hall–Kier alpha value is -1.89. The van der Waals surface area contributed by atoms with E-state index >= 15 is 0 Å². The van der Waals surface area contributed by atoms with Gasteiger partial charge in [-0.15, -0.1) is 6.58 Å². The molecule has 1 atom stereocenters. The van der Waals surface area contributed by atoms with E-state index in [4.69, 9.17) is 4.74 Å². The molecule has 1 unspecified atom stereocenters. The molecule has 0 saturated carbocycles. The second kappa shape index (κ2) is 8.10. The number of halogens is 3. The molecule has 0 aromatic heterocycles. The van der Waals surface area contributed by atoms with Crippen LogP contribution in [0.5, 0.6) is 5.75 Å². The monoisotopic (exact) mass is 346 g/mol. The van der Waals surface area contributed by atoms with Gasteiger partial charge in [0.15, 0.2) is 0 Å². The molecule has 0 N–H and O–H groups in total. The predicted octanol–water partition coefficient (Wildman–Crippen LogP) is 4.45. The summed E-state index contributed by atoms with van der Waals surface area (Å²) >= 11 is -0.424. The largest absolute Gasteiger partial charge is 0.497 e. The van der Waals surface area contributed by atoms with Crippen molar-refractivity contribution in [2.24, 2.45) is 0 Å². The molecule has 0 saturated heterocycles. The number of carbonyl (C=O) groups excluding carboxylic acids is 1. The van der Waals surface area contributed by atoms with Crippen LogP contribution >= 0.6 is 11.8 Å². The Morgan fingerprint density at radius 3 is 2.30 bits per heavy atom. The maximum atomic E-state index is 12.9. The minimum Gasteiger partial charge on any atom is -0.497 e. The fourth-order valence-corrected chi connectivity index (χ4v) is 2.79. The Bertz CT molecular complexity index is 567. The van der Waals surface area contributed by atoms with Crippen LogP contribution in [0.4, 0.5) is 13.2 Å². The summed E-state index contributed by atoms with van der Waals surface area (Å²) < 4.78 is 46.3. The van der Waals surface area contributed by atoms with Crippen molar-refractivity contribution < 1.29 is 27.4 Å². The summed E-state index contributed by atoms with van der Waals surface area (Å²) in [6, 6.07) is 6.68. The molecule has 1 rings (SSSR count). The Kier molecular flexibility index (Phi) is 6.75. The van der Waals surface area contributed by atoms with Gasteiger partial charge >= 0.3 is 11.5 Å². The van der Waals surface area contributed by atoms with Crippen LogP contribution in [-0.4, -0.2) is 30.4 Å². The van der Waals surface area contributed by atoms with Crippen molar-refractivity contribution in [3.8, 4) is 5.75 Å². The van der Waals surface area contributed by atoms with Gasteiger partial charge in [0.05, 0.1) is 14.2 Å². The van der Waals surface area contributed by atoms with Crippen LogP contribution in [0.25, 0.3) is 6.08 Å². The molecule has 7 heteroatoms. The summed E-state index contributed by atoms with van der Waals surface area (Å²) in [5.74, 6) is -0.360. The lowest BCUT2D eigenvalue weighted by molar-refractivity contribution is -0.142. The summed E-state index contributed by atoms with van der Waals surface area (Å²) in [5, 5.41) is 0. The summed E-state index contributed by atoms with van der Waals surface area (Å²) in [5.41, 5.74) is -3.97. The molecule has 0 heterocycles. The van der Waals surface area contributed by atoms with Crippen LogP contribution in [-0.2, 0) is 9.53 Å². The quantitative estimate of drug-likeness (QED) is 0.540. The number of allylic oxidation sites excluding steroid dienone is 1. The third-order valence-corrected chi connectivity index (χ3v) is 4.00. The van der Waals surface area contributed by atoms with Crippen LogP contribution in [0.15, 0.2) is 43.0 Å². The van der Waals surface area contributed by atoms with Crippen LogP contribution < -0.4 is 4.74 Å². The van der Waals surface area contributed by atoms with Gasteiger partial charge < -0.3 is 9.47 Å². The molecule has 1 aromatic carbocycles. The minimum atomic E-state index is -4.60. The molecule has 3 nitrogen and oxygen atoms in total. The van der Waals surface area contributed by atoms with E-state index in [0.29, 0.717) is 11.3 Å².